The highest BCUT2D eigenvalue weighted by Crippen LogP contribution is 2.34. The standard InChI is InChI=1S/C14H19NS2/c1-4-11-7-9-17-14(11)12(15-5-2)13-10(3)6-8-16-13/h6-9,12,15H,4-5H2,1-3H3. The van der Waals surface area contributed by atoms with Gasteiger partial charge in [-0.15, -0.1) is 22.7 Å². The molecular weight excluding hydrogens is 246 g/mol. The van der Waals surface area contributed by atoms with Crippen molar-refractivity contribution in [2.75, 3.05) is 6.54 Å². The number of nitrogens with one attached hydrogen (secondary N) is 1. The van der Waals surface area contributed by atoms with Crippen molar-refractivity contribution in [2.45, 2.75) is 33.2 Å². The maximum Gasteiger partial charge on any atom is 0.0770 e. The zero-order valence-electron chi connectivity index (χ0n) is 10.6. The summed E-state index contributed by atoms with van der Waals surface area (Å²) in [6.07, 6.45) is 1.12. The van der Waals surface area contributed by atoms with E-state index in [1.165, 1.54) is 20.9 Å². The molecule has 1 N–H and O–H groups in total. The topological polar surface area (TPSA) is 12.0 Å². The Kier molecular flexibility index (Phi) is 4.37. The average molecular weight is 265 g/mol. The highest BCUT2D eigenvalue weighted by molar-refractivity contribution is 7.11. The van der Waals surface area contributed by atoms with Crippen LogP contribution in [0.25, 0.3) is 0 Å². The van der Waals surface area contributed by atoms with Crippen LogP contribution >= 0.6 is 22.7 Å². The predicted octanol–water partition coefficient (Wildman–Crippen LogP) is 4.38. The maximum absolute atomic E-state index is 3.62. The van der Waals surface area contributed by atoms with Crippen LogP contribution in [-0.2, 0) is 6.42 Å². The first-order valence-electron chi connectivity index (χ1n) is 6.11. The summed E-state index contributed by atoms with van der Waals surface area (Å²) >= 11 is 3.73. The van der Waals surface area contributed by atoms with Gasteiger partial charge in [0.05, 0.1) is 6.04 Å². The molecule has 0 aliphatic rings. The molecule has 0 aliphatic carbocycles. The van der Waals surface area contributed by atoms with Crippen molar-refractivity contribution >= 4 is 22.7 Å². The van der Waals surface area contributed by atoms with Crippen molar-refractivity contribution in [2.24, 2.45) is 0 Å². The van der Waals surface area contributed by atoms with E-state index in [9.17, 15) is 0 Å². The van der Waals surface area contributed by atoms with E-state index in [1.807, 2.05) is 22.7 Å². The molecule has 2 aromatic heterocycles. The number of thiophene rings is 2. The molecule has 0 aliphatic heterocycles. The van der Waals surface area contributed by atoms with Crippen molar-refractivity contribution in [3.63, 3.8) is 0 Å². The van der Waals surface area contributed by atoms with Crippen LogP contribution in [0.15, 0.2) is 22.9 Å². The molecule has 0 spiro atoms. The van der Waals surface area contributed by atoms with E-state index in [0.29, 0.717) is 6.04 Å². The Balaban J connectivity index is 2.39. The lowest BCUT2D eigenvalue weighted by atomic mass is 10.1. The minimum Gasteiger partial charge on any atom is -0.305 e. The van der Waals surface area contributed by atoms with E-state index in [0.717, 1.165) is 13.0 Å². The molecule has 2 aromatic rings. The molecule has 1 unspecified atom stereocenters. The summed E-state index contributed by atoms with van der Waals surface area (Å²) in [4.78, 5) is 2.95. The van der Waals surface area contributed by atoms with Crippen molar-refractivity contribution in [1.29, 1.82) is 0 Å². The zero-order chi connectivity index (χ0) is 12.3. The minimum atomic E-state index is 0.384. The fourth-order valence-electron chi connectivity index (χ4n) is 2.08. The normalized spacial score (nSPS) is 12.9. The smallest absolute Gasteiger partial charge is 0.0770 e. The second-order valence-corrected chi connectivity index (χ2v) is 6.02. The van der Waals surface area contributed by atoms with E-state index < -0.39 is 0 Å². The number of hydrogen-bond donors (Lipinski definition) is 1. The van der Waals surface area contributed by atoms with Gasteiger partial charge in [0.15, 0.2) is 0 Å². The molecule has 0 saturated heterocycles. The van der Waals surface area contributed by atoms with Gasteiger partial charge in [0.25, 0.3) is 0 Å². The fourth-order valence-corrected chi connectivity index (χ4v) is 4.25. The van der Waals surface area contributed by atoms with Crippen LogP contribution in [0, 0.1) is 6.92 Å². The third-order valence-electron chi connectivity index (χ3n) is 3.00. The van der Waals surface area contributed by atoms with Crippen LogP contribution in [0.3, 0.4) is 0 Å². The van der Waals surface area contributed by atoms with Gasteiger partial charge in [-0.3, -0.25) is 0 Å². The molecule has 1 atom stereocenters. The van der Waals surface area contributed by atoms with Gasteiger partial charge in [0.1, 0.15) is 0 Å². The van der Waals surface area contributed by atoms with E-state index in [2.05, 4.69) is 49.0 Å². The summed E-state index contributed by atoms with van der Waals surface area (Å²) in [5.74, 6) is 0. The molecule has 1 nitrogen and oxygen atoms in total. The van der Waals surface area contributed by atoms with Gasteiger partial charge in [-0.1, -0.05) is 13.8 Å². The maximum atomic E-state index is 3.62. The lowest BCUT2D eigenvalue weighted by molar-refractivity contribution is 0.642. The van der Waals surface area contributed by atoms with Crippen molar-refractivity contribution in [1.82, 2.24) is 5.32 Å². The second kappa shape index (κ2) is 5.80. The molecule has 0 radical (unpaired) electrons. The summed E-state index contributed by atoms with van der Waals surface area (Å²) in [6, 6.07) is 4.85. The fraction of sp³-hybridized carbons (Fsp3) is 0.429. The Hall–Kier alpha value is -0.640. The predicted molar refractivity (Wildman–Crippen MR) is 78.3 cm³/mol. The highest BCUT2D eigenvalue weighted by Gasteiger charge is 2.19. The number of hydrogen-bond acceptors (Lipinski definition) is 3. The van der Waals surface area contributed by atoms with E-state index in [-0.39, 0.29) is 0 Å². The summed E-state index contributed by atoms with van der Waals surface area (Å²) in [6.45, 7) is 7.61. The lowest BCUT2D eigenvalue weighted by Gasteiger charge is -2.18. The first-order valence-corrected chi connectivity index (χ1v) is 7.87. The van der Waals surface area contributed by atoms with E-state index >= 15 is 0 Å². The molecular formula is C14H19NS2. The van der Waals surface area contributed by atoms with Crippen LogP contribution in [-0.4, -0.2) is 6.54 Å². The van der Waals surface area contributed by atoms with Crippen molar-refractivity contribution in [3.8, 4) is 0 Å². The first-order chi connectivity index (χ1) is 8.27. The van der Waals surface area contributed by atoms with Gasteiger partial charge >= 0.3 is 0 Å². The van der Waals surface area contributed by atoms with Crippen molar-refractivity contribution < 1.29 is 0 Å². The van der Waals surface area contributed by atoms with Gasteiger partial charge in [-0.05, 0) is 53.9 Å². The third kappa shape index (κ3) is 2.62. The van der Waals surface area contributed by atoms with Crippen LogP contribution in [0.1, 0.15) is 40.8 Å². The van der Waals surface area contributed by atoms with Crippen LogP contribution in [0.4, 0.5) is 0 Å². The monoisotopic (exact) mass is 265 g/mol. The quantitative estimate of drug-likeness (QED) is 0.846. The van der Waals surface area contributed by atoms with Crippen LogP contribution in [0.5, 0.6) is 0 Å². The molecule has 2 heterocycles. The molecule has 0 amide bonds. The highest BCUT2D eigenvalue weighted by atomic mass is 32.1. The number of aryl methyl sites for hydroxylation is 2. The van der Waals surface area contributed by atoms with E-state index in [4.69, 9.17) is 0 Å². The second-order valence-electron chi connectivity index (χ2n) is 4.12. The SMILES string of the molecule is CCNC(c1sccc1C)c1sccc1CC. The molecule has 92 valence electrons. The molecule has 0 bridgehead atoms. The lowest BCUT2D eigenvalue weighted by Crippen LogP contribution is -2.21. The Morgan fingerprint density at radius 1 is 1.12 bits per heavy atom. The third-order valence-corrected chi connectivity index (χ3v) is 5.10. The van der Waals surface area contributed by atoms with Gasteiger partial charge in [0, 0.05) is 9.75 Å². The summed E-state index contributed by atoms with van der Waals surface area (Å²) < 4.78 is 0. The Morgan fingerprint density at radius 2 is 1.82 bits per heavy atom. The molecule has 17 heavy (non-hydrogen) atoms. The van der Waals surface area contributed by atoms with E-state index in [1.54, 1.807) is 0 Å². The summed E-state index contributed by atoms with van der Waals surface area (Å²) in [5.41, 5.74) is 2.88. The summed E-state index contributed by atoms with van der Waals surface area (Å²) in [7, 11) is 0. The molecule has 0 saturated carbocycles. The molecule has 0 aromatic carbocycles. The minimum absolute atomic E-state index is 0.384. The summed E-state index contributed by atoms with van der Waals surface area (Å²) in [5, 5.41) is 8.02. The average Bonchev–Trinajstić information content (AvgIpc) is 2.94. The Morgan fingerprint density at radius 3 is 2.41 bits per heavy atom. The largest absolute Gasteiger partial charge is 0.305 e. The van der Waals surface area contributed by atoms with Gasteiger partial charge in [-0.25, -0.2) is 0 Å². The molecule has 0 fully saturated rings. The van der Waals surface area contributed by atoms with Gasteiger partial charge in [-0.2, -0.15) is 0 Å². The zero-order valence-corrected chi connectivity index (χ0v) is 12.3. The van der Waals surface area contributed by atoms with Gasteiger partial charge in [0.2, 0.25) is 0 Å². The van der Waals surface area contributed by atoms with Crippen LogP contribution < -0.4 is 5.32 Å². The van der Waals surface area contributed by atoms with Crippen molar-refractivity contribution in [3.05, 3.63) is 43.8 Å². The Labute approximate surface area is 112 Å². The van der Waals surface area contributed by atoms with Crippen LogP contribution in [0.2, 0.25) is 0 Å². The van der Waals surface area contributed by atoms with Gasteiger partial charge < -0.3 is 5.32 Å². The molecule has 3 heteroatoms. The molecule has 2 rings (SSSR count). The first kappa shape index (κ1) is 12.8. The Bertz CT molecular complexity index is 470. The number of rotatable bonds is 5.